The molecule has 2 aliphatic rings. The van der Waals surface area contributed by atoms with E-state index in [9.17, 15) is 4.79 Å². The van der Waals surface area contributed by atoms with Crippen molar-refractivity contribution in [3.8, 4) is 5.88 Å². The molecule has 0 amide bonds. The minimum atomic E-state index is -0.246. The van der Waals surface area contributed by atoms with Gasteiger partial charge in [-0.25, -0.2) is 0 Å². The van der Waals surface area contributed by atoms with Crippen LogP contribution in [0.3, 0.4) is 0 Å². The summed E-state index contributed by atoms with van der Waals surface area (Å²) in [6, 6.07) is 0. The van der Waals surface area contributed by atoms with E-state index in [1.807, 2.05) is 0 Å². The van der Waals surface area contributed by atoms with E-state index in [1.54, 1.807) is 0 Å². The molecule has 1 aromatic heterocycles. The largest absolute Gasteiger partial charge is 0.472 e. The fraction of sp³-hybridized carbons (Fsp3) is 0.714. The second-order valence-electron chi connectivity index (χ2n) is 6.49. The van der Waals surface area contributed by atoms with Gasteiger partial charge in [0.25, 0.3) is 5.56 Å². The maximum Gasteiger partial charge on any atom is 0.259 e. The van der Waals surface area contributed by atoms with E-state index in [0.717, 1.165) is 18.4 Å². The summed E-state index contributed by atoms with van der Waals surface area (Å²) in [7, 11) is 0. The molecule has 0 radical (unpaired) electrons. The summed E-state index contributed by atoms with van der Waals surface area (Å²) in [6.45, 7) is 6.49. The molecule has 1 aliphatic heterocycles. The first-order valence-corrected chi connectivity index (χ1v) is 7.35. The smallest absolute Gasteiger partial charge is 0.259 e. The fourth-order valence-electron chi connectivity index (χ4n) is 3.76. The first-order chi connectivity index (χ1) is 8.88. The molecule has 0 bridgehead atoms. The lowest BCUT2D eigenvalue weighted by atomic mass is 9.65. The SMILES string of the molecule is C[C@@H]1CC[C@@H]2[C@@H](C1)c1c([nH]c(=S)[nH]c1=O)OC2(C)C. The van der Waals surface area contributed by atoms with Crippen molar-refractivity contribution in [2.45, 2.75) is 51.6 Å². The zero-order valence-electron chi connectivity index (χ0n) is 11.6. The van der Waals surface area contributed by atoms with E-state index < -0.39 is 0 Å². The molecule has 19 heavy (non-hydrogen) atoms. The maximum atomic E-state index is 12.2. The third kappa shape index (κ3) is 2.04. The second-order valence-corrected chi connectivity index (χ2v) is 6.90. The average molecular weight is 280 g/mol. The van der Waals surface area contributed by atoms with Crippen molar-refractivity contribution < 1.29 is 4.74 Å². The highest BCUT2D eigenvalue weighted by Crippen LogP contribution is 2.50. The molecule has 4 nitrogen and oxygen atoms in total. The van der Waals surface area contributed by atoms with Crippen LogP contribution in [0, 0.1) is 16.6 Å². The Morgan fingerprint density at radius 3 is 2.79 bits per heavy atom. The van der Waals surface area contributed by atoms with Crippen molar-refractivity contribution >= 4 is 12.2 Å². The van der Waals surface area contributed by atoms with E-state index in [4.69, 9.17) is 17.0 Å². The standard InChI is InChI=1S/C14H20N2O2S/c1-7-4-5-9-8(6-7)10-11(17)15-13(19)16-12(10)18-14(9,2)3/h7-9H,4-6H2,1-3H3,(H2,15,16,17,19)/t7-,8-,9-/m1/s1. The third-order valence-corrected chi connectivity index (χ3v) is 4.89. The van der Waals surface area contributed by atoms with Crippen LogP contribution in [0.4, 0.5) is 0 Å². The molecule has 0 unspecified atom stereocenters. The highest BCUT2D eigenvalue weighted by Gasteiger charge is 2.47. The van der Waals surface area contributed by atoms with Crippen LogP contribution in [0.25, 0.3) is 0 Å². The monoisotopic (exact) mass is 280 g/mol. The quantitative estimate of drug-likeness (QED) is 0.718. The van der Waals surface area contributed by atoms with Gasteiger partial charge in [-0.3, -0.25) is 9.78 Å². The lowest BCUT2D eigenvalue weighted by Gasteiger charge is -2.47. The number of fused-ring (bicyclic) bond motifs is 3. The second kappa shape index (κ2) is 4.20. The normalized spacial score (nSPS) is 32.1. The molecule has 0 saturated heterocycles. The lowest BCUT2D eigenvalue weighted by Crippen LogP contribution is -2.48. The van der Waals surface area contributed by atoms with Gasteiger partial charge in [-0.2, -0.15) is 0 Å². The molecular weight excluding hydrogens is 260 g/mol. The minimum Gasteiger partial charge on any atom is -0.472 e. The first kappa shape index (κ1) is 12.9. The summed E-state index contributed by atoms with van der Waals surface area (Å²) in [5, 5.41) is 0. The van der Waals surface area contributed by atoms with Crippen molar-refractivity contribution in [2.24, 2.45) is 11.8 Å². The van der Waals surface area contributed by atoms with E-state index in [0.29, 0.717) is 22.5 Å². The molecular formula is C14H20N2O2S. The van der Waals surface area contributed by atoms with Crippen molar-refractivity contribution in [1.82, 2.24) is 9.97 Å². The van der Waals surface area contributed by atoms with E-state index in [1.165, 1.54) is 6.42 Å². The molecule has 5 heteroatoms. The van der Waals surface area contributed by atoms with Crippen molar-refractivity contribution in [1.29, 1.82) is 0 Å². The van der Waals surface area contributed by atoms with Crippen LogP contribution < -0.4 is 10.3 Å². The minimum absolute atomic E-state index is 0.0849. The van der Waals surface area contributed by atoms with E-state index >= 15 is 0 Å². The predicted molar refractivity (Wildman–Crippen MR) is 76.2 cm³/mol. The molecule has 1 aliphatic carbocycles. The average Bonchev–Trinajstić information content (AvgIpc) is 2.25. The Morgan fingerprint density at radius 2 is 2.05 bits per heavy atom. The number of nitrogens with one attached hydrogen (secondary N) is 2. The number of aromatic amines is 2. The zero-order valence-corrected chi connectivity index (χ0v) is 12.4. The molecule has 1 saturated carbocycles. The number of hydrogen-bond acceptors (Lipinski definition) is 3. The van der Waals surface area contributed by atoms with Gasteiger partial charge in [0, 0.05) is 11.8 Å². The summed E-state index contributed by atoms with van der Waals surface area (Å²) in [6.07, 6.45) is 3.38. The van der Waals surface area contributed by atoms with E-state index in [-0.39, 0.29) is 17.1 Å². The van der Waals surface area contributed by atoms with Gasteiger partial charge in [-0.05, 0) is 44.8 Å². The van der Waals surface area contributed by atoms with Crippen LogP contribution in [0.1, 0.15) is 51.5 Å². The van der Waals surface area contributed by atoms with Gasteiger partial charge < -0.3 is 9.72 Å². The van der Waals surface area contributed by atoms with Gasteiger partial charge in [0.1, 0.15) is 5.60 Å². The molecule has 1 aromatic rings. The van der Waals surface area contributed by atoms with Gasteiger partial charge in [0.2, 0.25) is 5.88 Å². The molecule has 0 aromatic carbocycles. The summed E-state index contributed by atoms with van der Waals surface area (Å²) >= 11 is 5.04. The number of rotatable bonds is 0. The summed E-state index contributed by atoms with van der Waals surface area (Å²) < 4.78 is 6.38. The number of ether oxygens (including phenoxy) is 1. The van der Waals surface area contributed by atoms with Crippen molar-refractivity contribution in [3.63, 3.8) is 0 Å². The summed E-state index contributed by atoms with van der Waals surface area (Å²) in [4.78, 5) is 17.9. The van der Waals surface area contributed by atoms with Crippen LogP contribution in [-0.4, -0.2) is 15.6 Å². The fourth-order valence-corrected chi connectivity index (χ4v) is 3.95. The van der Waals surface area contributed by atoms with Crippen LogP contribution in [0.2, 0.25) is 0 Å². The number of aromatic nitrogens is 2. The summed E-state index contributed by atoms with van der Waals surface area (Å²) in [5.41, 5.74) is 0.437. The Labute approximate surface area is 117 Å². The topological polar surface area (TPSA) is 57.9 Å². The highest BCUT2D eigenvalue weighted by atomic mass is 32.1. The Hall–Kier alpha value is -1.10. The van der Waals surface area contributed by atoms with E-state index in [2.05, 4.69) is 30.7 Å². The molecule has 104 valence electrons. The van der Waals surface area contributed by atoms with Crippen LogP contribution in [0.15, 0.2) is 4.79 Å². The van der Waals surface area contributed by atoms with Gasteiger partial charge >= 0.3 is 0 Å². The highest BCUT2D eigenvalue weighted by molar-refractivity contribution is 7.71. The molecule has 3 atom stereocenters. The van der Waals surface area contributed by atoms with Crippen LogP contribution >= 0.6 is 12.2 Å². The Balaban J connectivity index is 2.18. The molecule has 3 rings (SSSR count). The predicted octanol–water partition coefficient (Wildman–Crippen LogP) is 3.12. The van der Waals surface area contributed by atoms with Crippen LogP contribution in [0.5, 0.6) is 5.88 Å². The van der Waals surface area contributed by atoms with Gasteiger partial charge in [-0.15, -0.1) is 0 Å². The number of hydrogen-bond donors (Lipinski definition) is 2. The molecule has 0 spiro atoms. The van der Waals surface area contributed by atoms with Crippen molar-refractivity contribution in [3.05, 3.63) is 20.7 Å². The Bertz CT molecular complexity index is 617. The summed E-state index contributed by atoms with van der Waals surface area (Å²) in [5.74, 6) is 1.92. The lowest BCUT2D eigenvalue weighted by molar-refractivity contribution is -0.0186. The van der Waals surface area contributed by atoms with Gasteiger partial charge in [0.15, 0.2) is 4.77 Å². The first-order valence-electron chi connectivity index (χ1n) is 6.94. The van der Waals surface area contributed by atoms with Gasteiger partial charge in [-0.1, -0.05) is 13.3 Å². The molecule has 2 N–H and O–H groups in total. The number of H-pyrrole nitrogens is 2. The zero-order chi connectivity index (χ0) is 13.8. The molecule has 1 fully saturated rings. The van der Waals surface area contributed by atoms with Crippen LogP contribution in [-0.2, 0) is 0 Å². The maximum absolute atomic E-state index is 12.2. The molecule has 2 heterocycles. The third-order valence-electron chi connectivity index (χ3n) is 4.68. The Kier molecular flexibility index (Phi) is 2.85. The Morgan fingerprint density at radius 1 is 1.32 bits per heavy atom. The van der Waals surface area contributed by atoms with Crippen molar-refractivity contribution in [2.75, 3.05) is 0 Å². The van der Waals surface area contributed by atoms with Gasteiger partial charge in [0.05, 0.1) is 5.56 Å².